The fraction of sp³-hybridized carbons (Fsp3) is 0.500. The van der Waals surface area contributed by atoms with E-state index in [9.17, 15) is 18.0 Å². The SMILES string of the molecule is O=c1cc(CN(CCO)CC(F)(F)F)nc2scnn12. The van der Waals surface area contributed by atoms with Crippen LogP contribution in [0, 0.1) is 0 Å². The summed E-state index contributed by atoms with van der Waals surface area (Å²) in [5.74, 6) is 0. The molecule has 2 heterocycles. The van der Waals surface area contributed by atoms with Gasteiger partial charge in [-0.2, -0.15) is 22.8 Å². The van der Waals surface area contributed by atoms with E-state index in [-0.39, 0.29) is 18.8 Å². The van der Waals surface area contributed by atoms with E-state index in [1.807, 2.05) is 0 Å². The zero-order chi connectivity index (χ0) is 14.8. The van der Waals surface area contributed by atoms with Gasteiger partial charge in [-0.3, -0.25) is 9.69 Å². The third-order valence-electron chi connectivity index (χ3n) is 2.44. The highest BCUT2D eigenvalue weighted by atomic mass is 32.1. The Labute approximate surface area is 115 Å². The van der Waals surface area contributed by atoms with E-state index in [0.717, 1.165) is 26.8 Å². The fourth-order valence-electron chi connectivity index (χ4n) is 1.72. The highest BCUT2D eigenvalue weighted by molar-refractivity contribution is 7.14. The molecule has 110 valence electrons. The van der Waals surface area contributed by atoms with Crippen LogP contribution in [0.3, 0.4) is 0 Å². The minimum atomic E-state index is -4.38. The van der Waals surface area contributed by atoms with E-state index in [1.165, 1.54) is 5.51 Å². The molecular formula is C10H11F3N4O2S. The molecule has 0 atom stereocenters. The number of fused-ring (bicyclic) bond motifs is 1. The van der Waals surface area contributed by atoms with Crippen molar-refractivity contribution >= 4 is 16.3 Å². The van der Waals surface area contributed by atoms with Crippen molar-refractivity contribution in [3.63, 3.8) is 0 Å². The van der Waals surface area contributed by atoms with Gasteiger partial charge in [0, 0.05) is 19.2 Å². The van der Waals surface area contributed by atoms with Gasteiger partial charge < -0.3 is 5.11 Å². The van der Waals surface area contributed by atoms with Gasteiger partial charge in [-0.1, -0.05) is 11.3 Å². The molecule has 0 aliphatic rings. The summed E-state index contributed by atoms with van der Waals surface area (Å²) in [5, 5.41) is 12.6. The summed E-state index contributed by atoms with van der Waals surface area (Å²) >= 11 is 1.12. The number of halogens is 3. The van der Waals surface area contributed by atoms with Crippen LogP contribution in [0.2, 0.25) is 0 Å². The number of aromatic nitrogens is 3. The molecule has 6 nitrogen and oxygen atoms in total. The van der Waals surface area contributed by atoms with Crippen LogP contribution in [-0.2, 0) is 6.54 Å². The van der Waals surface area contributed by atoms with Gasteiger partial charge in [-0.05, 0) is 0 Å². The summed E-state index contributed by atoms with van der Waals surface area (Å²) in [4.78, 5) is 17.0. The smallest absolute Gasteiger partial charge is 0.395 e. The molecular weight excluding hydrogens is 297 g/mol. The minimum Gasteiger partial charge on any atom is -0.395 e. The quantitative estimate of drug-likeness (QED) is 0.871. The third kappa shape index (κ3) is 3.74. The summed E-state index contributed by atoms with van der Waals surface area (Å²) in [6.45, 7) is -1.89. The summed E-state index contributed by atoms with van der Waals surface area (Å²) < 4.78 is 38.3. The van der Waals surface area contributed by atoms with Gasteiger partial charge >= 0.3 is 6.18 Å². The van der Waals surface area contributed by atoms with Gasteiger partial charge in [-0.25, -0.2) is 4.98 Å². The molecule has 2 aromatic rings. The Morgan fingerprint density at radius 1 is 1.45 bits per heavy atom. The van der Waals surface area contributed by atoms with Crippen molar-refractivity contribution in [1.82, 2.24) is 19.5 Å². The maximum atomic E-state index is 12.4. The number of aliphatic hydroxyl groups is 1. The van der Waals surface area contributed by atoms with E-state index < -0.39 is 24.9 Å². The van der Waals surface area contributed by atoms with Crippen LogP contribution in [0.25, 0.3) is 4.96 Å². The molecule has 0 aliphatic carbocycles. The van der Waals surface area contributed by atoms with Crippen molar-refractivity contribution in [2.75, 3.05) is 19.7 Å². The predicted octanol–water partition coefficient (Wildman–Crippen LogP) is 0.508. The Kier molecular flexibility index (Phi) is 4.35. The maximum absolute atomic E-state index is 12.4. The Morgan fingerprint density at radius 2 is 2.20 bits per heavy atom. The van der Waals surface area contributed by atoms with Gasteiger partial charge in [-0.15, -0.1) is 0 Å². The number of alkyl halides is 3. The van der Waals surface area contributed by atoms with Gasteiger partial charge in [0.15, 0.2) is 0 Å². The number of rotatable bonds is 5. The lowest BCUT2D eigenvalue weighted by atomic mass is 10.3. The normalized spacial score (nSPS) is 12.4. The van der Waals surface area contributed by atoms with E-state index in [4.69, 9.17) is 5.11 Å². The third-order valence-corrected chi connectivity index (χ3v) is 3.12. The molecule has 10 heteroatoms. The number of hydrogen-bond acceptors (Lipinski definition) is 6. The molecule has 0 aliphatic heterocycles. The lowest BCUT2D eigenvalue weighted by molar-refractivity contribution is -0.148. The average molecular weight is 308 g/mol. The second-order valence-electron chi connectivity index (χ2n) is 4.07. The topological polar surface area (TPSA) is 70.7 Å². The molecule has 0 aromatic carbocycles. The van der Waals surface area contributed by atoms with Crippen LogP contribution in [0.4, 0.5) is 13.2 Å². The van der Waals surface area contributed by atoms with Gasteiger partial charge in [0.2, 0.25) is 4.96 Å². The van der Waals surface area contributed by atoms with Crippen LogP contribution >= 0.6 is 11.3 Å². The first-order valence-electron chi connectivity index (χ1n) is 5.61. The Balaban J connectivity index is 2.21. The van der Waals surface area contributed by atoms with Gasteiger partial charge in [0.25, 0.3) is 5.56 Å². The lowest BCUT2D eigenvalue weighted by Crippen LogP contribution is -2.36. The monoisotopic (exact) mass is 308 g/mol. The molecule has 0 radical (unpaired) electrons. The molecule has 20 heavy (non-hydrogen) atoms. The van der Waals surface area contributed by atoms with Crippen LogP contribution in [0.1, 0.15) is 5.69 Å². The fourth-order valence-corrected chi connectivity index (χ4v) is 2.36. The first kappa shape index (κ1) is 14.9. The van der Waals surface area contributed by atoms with Crippen LogP contribution in [0.15, 0.2) is 16.4 Å². The van der Waals surface area contributed by atoms with E-state index in [0.29, 0.717) is 4.96 Å². The van der Waals surface area contributed by atoms with Crippen molar-refractivity contribution in [3.8, 4) is 0 Å². The highest BCUT2D eigenvalue weighted by Gasteiger charge is 2.30. The Morgan fingerprint density at radius 3 is 2.85 bits per heavy atom. The molecule has 0 saturated heterocycles. The summed E-state index contributed by atoms with van der Waals surface area (Å²) in [6, 6.07) is 1.15. The molecule has 0 spiro atoms. The van der Waals surface area contributed by atoms with Gasteiger partial charge in [0.05, 0.1) is 18.8 Å². The van der Waals surface area contributed by atoms with E-state index in [1.54, 1.807) is 0 Å². The van der Waals surface area contributed by atoms with E-state index >= 15 is 0 Å². The zero-order valence-electron chi connectivity index (χ0n) is 10.2. The maximum Gasteiger partial charge on any atom is 0.401 e. The predicted molar refractivity (Wildman–Crippen MR) is 65.6 cm³/mol. The zero-order valence-corrected chi connectivity index (χ0v) is 11.0. The van der Waals surface area contributed by atoms with Crippen molar-refractivity contribution in [2.45, 2.75) is 12.7 Å². The molecule has 0 fully saturated rings. The van der Waals surface area contributed by atoms with Crippen LogP contribution in [0.5, 0.6) is 0 Å². The molecule has 0 bridgehead atoms. The molecule has 1 N–H and O–H groups in total. The summed E-state index contributed by atoms with van der Waals surface area (Å²) in [5.41, 5.74) is 1.20. The number of hydrogen-bond donors (Lipinski definition) is 1. The largest absolute Gasteiger partial charge is 0.401 e. The number of nitrogens with zero attached hydrogens (tertiary/aromatic N) is 4. The lowest BCUT2D eigenvalue weighted by Gasteiger charge is -2.22. The first-order valence-corrected chi connectivity index (χ1v) is 6.49. The second kappa shape index (κ2) is 5.85. The Hall–Kier alpha value is -1.52. The Bertz CT molecular complexity index is 639. The highest BCUT2D eigenvalue weighted by Crippen LogP contribution is 2.17. The second-order valence-corrected chi connectivity index (χ2v) is 4.88. The van der Waals surface area contributed by atoms with Crippen LogP contribution < -0.4 is 5.56 Å². The minimum absolute atomic E-state index is 0.150. The van der Waals surface area contributed by atoms with Crippen molar-refractivity contribution in [2.24, 2.45) is 0 Å². The van der Waals surface area contributed by atoms with Crippen LogP contribution in [-0.4, -0.2) is 50.5 Å². The average Bonchev–Trinajstić information content (AvgIpc) is 2.75. The summed E-state index contributed by atoms with van der Waals surface area (Å²) in [7, 11) is 0. The van der Waals surface area contributed by atoms with Crippen molar-refractivity contribution in [1.29, 1.82) is 0 Å². The standard InChI is InChI=1S/C10H11F3N4O2S/c11-10(12,13)5-16(1-2-18)4-7-3-8(19)17-9(15-7)20-6-14-17/h3,6,18H,1-2,4-5H2. The number of aliphatic hydroxyl groups excluding tert-OH is 1. The first-order chi connectivity index (χ1) is 9.39. The van der Waals surface area contributed by atoms with Crippen molar-refractivity contribution < 1.29 is 18.3 Å². The molecule has 0 unspecified atom stereocenters. The molecule has 2 aromatic heterocycles. The van der Waals surface area contributed by atoms with Crippen molar-refractivity contribution in [3.05, 3.63) is 27.6 Å². The molecule has 2 rings (SSSR count). The summed E-state index contributed by atoms with van der Waals surface area (Å²) in [6.07, 6.45) is -4.38. The molecule has 0 amide bonds. The van der Waals surface area contributed by atoms with Gasteiger partial charge in [0.1, 0.15) is 5.51 Å². The molecule has 0 saturated carbocycles. The van der Waals surface area contributed by atoms with E-state index in [2.05, 4.69) is 10.1 Å².